The van der Waals surface area contributed by atoms with Gasteiger partial charge in [-0.1, -0.05) is 52.0 Å². The number of fused-ring (bicyclic) bond motifs is 1. The fourth-order valence-corrected chi connectivity index (χ4v) is 4.40. The molecule has 1 aromatic carbocycles. The molecular weight excluding hydrogens is 310 g/mol. The van der Waals surface area contributed by atoms with Crippen molar-refractivity contribution in [2.24, 2.45) is 0 Å². The first-order valence-electron chi connectivity index (χ1n) is 8.57. The molecule has 1 nitrogen and oxygen atoms in total. The van der Waals surface area contributed by atoms with Crippen molar-refractivity contribution in [3.63, 3.8) is 0 Å². The quantitative estimate of drug-likeness (QED) is 0.612. The zero-order valence-electron chi connectivity index (χ0n) is 15.2. The Morgan fingerprint density at radius 3 is 2.33 bits per heavy atom. The smallest absolute Gasteiger partial charge is 0.110 e. The molecule has 2 heteroatoms. The van der Waals surface area contributed by atoms with Crippen LogP contribution in [0.25, 0.3) is 11.6 Å². The summed E-state index contributed by atoms with van der Waals surface area (Å²) >= 11 is 1.56. The van der Waals surface area contributed by atoms with Crippen molar-refractivity contribution >= 4 is 23.0 Å². The van der Waals surface area contributed by atoms with Gasteiger partial charge < -0.3 is 0 Å². The van der Waals surface area contributed by atoms with Crippen molar-refractivity contribution in [3.8, 4) is 6.07 Å². The molecule has 0 amide bonds. The summed E-state index contributed by atoms with van der Waals surface area (Å²) in [6, 6.07) is 13.1. The van der Waals surface area contributed by atoms with E-state index in [1.165, 1.54) is 40.0 Å². The van der Waals surface area contributed by atoms with Gasteiger partial charge in [-0.05, 0) is 65.0 Å². The maximum Gasteiger partial charge on any atom is 0.110 e. The van der Waals surface area contributed by atoms with Crippen LogP contribution in [-0.2, 0) is 10.8 Å². The Bertz CT molecular complexity index is 843. The Morgan fingerprint density at radius 2 is 1.71 bits per heavy atom. The van der Waals surface area contributed by atoms with Gasteiger partial charge in [0.1, 0.15) is 10.9 Å². The highest BCUT2D eigenvalue weighted by Gasteiger charge is 2.36. The number of allylic oxidation sites excluding steroid dienone is 1. The topological polar surface area (TPSA) is 23.8 Å². The van der Waals surface area contributed by atoms with Crippen LogP contribution in [0.3, 0.4) is 0 Å². The fourth-order valence-electron chi connectivity index (χ4n) is 3.63. The fraction of sp³-hybridized carbons (Fsp3) is 0.409. The number of rotatable bonds is 2. The van der Waals surface area contributed by atoms with E-state index in [9.17, 15) is 0 Å². The monoisotopic (exact) mass is 335 g/mol. The third-order valence-corrected chi connectivity index (χ3v) is 6.49. The average Bonchev–Trinajstić information content (AvgIpc) is 3.01. The lowest BCUT2D eigenvalue weighted by molar-refractivity contribution is 0.332. The highest BCUT2D eigenvalue weighted by Crippen LogP contribution is 2.46. The lowest BCUT2D eigenvalue weighted by Crippen LogP contribution is -2.33. The van der Waals surface area contributed by atoms with Crippen molar-refractivity contribution < 1.29 is 0 Å². The second kappa shape index (κ2) is 5.90. The molecule has 3 rings (SSSR count). The predicted octanol–water partition coefficient (Wildman–Crippen LogP) is 6.53. The van der Waals surface area contributed by atoms with Gasteiger partial charge in [0.05, 0.1) is 0 Å². The number of hydrogen-bond donors (Lipinski definition) is 0. The molecule has 124 valence electrons. The van der Waals surface area contributed by atoms with Crippen LogP contribution in [0.1, 0.15) is 73.9 Å². The Balaban J connectivity index is 2.02. The van der Waals surface area contributed by atoms with Gasteiger partial charge >= 0.3 is 0 Å². The second-order valence-corrected chi connectivity index (χ2v) is 9.26. The molecule has 2 aromatic rings. The van der Waals surface area contributed by atoms with Crippen LogP contribution in [0.2, 0.25) is 0 Å². The van der Waals surface area contributed by atoms with Crippen LogP contribution in [0, 0.1) is 11.3 Å². The van der Waals surface area contributed by atoms with Gasteiger partial charge in [0.2, 0.25) is 0 Å². The van der Waals surface area contributed by atoms with Gasteiger partial charge in [0.15, 0.2) is 0 Å². The molecule has 1 heterocycles. The Labute approximate surface area is 149 Å². The first-order valence-corrected chi connectivity index (χ1v) is 9.38. The second-order valence-electron chi connectivity index (χ2n) is 8.18. The highest BCUT2D eigenvalue weighted by molar-refractivity contribution is 7.13. The molecule has 1 aliphatic rings. The van der Waals surface area contributed by atoms with Gasteiger partial charge in [0, 0.05) is 4.88 Å². The number of nitrogens with zero attached hydrogens (tertiary/aromatic N) is 1. The summed E-state index contributed by atoms with van der Waals surface area (Å²) in [4.78, 5) is 1.94. The van der Waals surface area contributed by atoms with E-state index >= 15 is 0 Å². The molecule has 24 heavy (non-hydrogen) atoms. The van der Waals surface area contributed by atoms with E-state index in [0.29, 0.717) is 0 Å². The van der Waals surface area contributed by atoms with Gasteiger partial charge in [-0.3, -0.25) is 0 Å². The number of nitriles is 1. The summed E-state index contributed by atoms with van der Waals surface area (Å²) in [5.74, 6) is 0. The van der Waals surface area contributed by atoms with E-state index in [-0.39, 0.29) is 10.8 Å². The van der Waals surface area contributed by atoms with Gasteiger partial charge in [0.25, 0.3) is 0 Å². The molecule has 1 aliphatic carbocycles. The third kappa shape index (κ3) is 3.06. The standard InChI is InChI=1S/C22H25NS/c1-15(20-9-7-17(14-23)24-20)12-16-6-8-18-19(13-16)22(4,5)11-10-21(18,2)3/h6-9,12-13H,10-11H2,1-5H3/b15-12-. The largest absolute Gasteiger partial charge is 0.192 e. The summed E-state index contributed by atoms with van der Waals surface area (Å²) in [6.07, 6.45) is 4.72. The van der Waals surface area contributed by atoms with E-state index in [0.717, 1.165) is 4.88 Å². The molecule has 0 bridgehead atoms. The van der Waals surface area contributed by atoms with E-state index in [1.54, 1.807) is 11.3 Å². The maximum absolute atomic E-state index is 9.00. The minimum Gasteiger partial charge on any atom is -0.192 e. The summed E-state index contributed by atoms with van der Waals surface area (Å²) < 4.78 is 0. The van der Waals surface area contributed by atoms with Crippen LogP contribution < -0.4 is 0 Å². The van der Waals surface area contributed by atoms with Crippen molar-refractivity contribution in [2.45, 2.75) is 58.3 Å². The predicted molar refractivity (Wildman–Crippen MR) is 104 cm³/mol. The van der Waals surface area contributed by atoms with E-state index in [2.05, 4.69) is 65.0 Å². The molecule has 0 N–H and O–H groups in total. The molecule has 0 saturated carbocycles. The SMILES string of the molecule is C/C(=C/c1ccc2c(c1)C(C)(C)CCC2(C)C)c1ccc(C#N)s1. The first kappa shape index (κ1) is 17.0. The first-order chi connectivity index (χ1) is 11.2. The third-order valence-electron chi connectivity index (χ3n) is 5.36. The Hall–Kier alpha value is -1.85. The van der Waals surface area contributed by atoms with E-state index in [1.807, 2.05) is 12.1 Å². The van der Waals surface area contributed by atoms with Crippen LogP contribution in [0.5, 0.6) is 0 Å². The number of benzene rings is 1. The zero-order chi connectivity index (χ0) is 17.5. The molecule has 0 radical (unpaired) electrons. The summed E-state index contributed by atoms with van der Waals surface area (Å²) in [5.41, 5.74) is 5.95. The molecule has 1 aromatic heterocycles. The van der Waals surface area contributed by atoms with Crippen LogP contribution in [0.4, 0.5) is 0 Å². The van der Waals surface area contributed by atoms with Crippen molar-refractivity contribution in [1.82, 2.24) is 0 Å². The minimum absolute atomic E-state index is 0.236. The van der Waals surface area contributed by atoms with E-state index in [4.69, 9.17) is 5.26 Å². The van der Waals surface area contributed by atoms with Crippen LogP contribution >= 0.6 is 11.3 Å². The van der Waals surface area contributed by atoms with Gasteiger partial charge in [-0.25, -0.2) is 0 Å². The molecule has 0 saturated heterocycles. The number of hydrogen-bond acceptors (Lipinski definition) is 2. The summed E-state index contributed by atoms with van der Waals surface area (Å²) in [5, 5.41) is 9.00. The normalized spacial score (nSPS) is 18.8. The van der Waals surface area contributed by atoms with Crippen molar-refractivity contribution in [3.05, 3.63) is 56.8 Å². The van der Waals surface area contributed by atoms with Gasteiger partial charge in [-0.2, -0.15) is 5.26 Å². The van der Waals surface area contributed by atoms with Crippen LogP contribution in [0.15, 0.2) is 30.3 Å². The van der Waals surface area contributed by atoms with E-state index < -0.39 is 0 Å². The Morgan fingerprint density at radius 1 is 1.04 bits per heavy atom. The molecule has 0 spiro atoms. The summed E-state index contributed by atoms with van der Waals surface area (Å²) in [6.45, 7) is 11.6. The number of thiophene rings is 1. The maximum atomic E-state index is 9.00. The molecular formula is C22H25NS. The highest BCUT2D eigenvalue weighted by atomic mass is 32.1. The van der Waals surface area contributed by atoms with Crippen molar-refractivity contribution in [1.29, 1.82) is 5.26 Å². The molecule has 0 fully saturated rings. The zero-order valence-corrected chi connectivity index (χ0v) is 16.1. The molecule has 0 atom stereocenters. The lowest BCUT2D eigenvalue weighted by Gasteiger charge is -2.42. The molecule has 0 aliphatic heterocycles. The molecule has 0 unspecified atom stereocenters. The average molecular weight is 336 g/mol. The summed E-state index contributed by atoms with van der Waals surface area (Å²) in [7, 11) is 0. The Kier molecular flexibility index (Phi) is 4.18. The minimum atomic E-state index is 0.236. The van der Waals surface area contributed by atoms with Gasteiger partial charge in [-0.15, -0.1) is 11.3 Å². The van der Waals surface area contributed by atoms with Crippen molar-refractivity contribution in [2.75, 3.05) is 0 Å². The lowest BCUT2D eigenvalue weighted by atomic mass is 9.63. The van der Waals surface area contributed by atoms with Crippen LogP contribution in [-0.4, -0.2) is 0 Å².